The first kappa shape index (κ1) is 51.0. The molecule has 0 rings (SSSR count). The average Bonchev–Trinajstić information content (AvgIpc) is 3.14. The molecule has 0 saturated heterocycles. The summed E-state index contributed by atoms with van der Waals surface area (Å²) >= 11 is 0. The maximum absolute atomic E-state index is 11.7. The maximum atomic E-state index is 11.7. The number of amides is 2. The van der Waals surface area contributed by atoms with Gasteiger partial charge >= 0.3 is 0 Å². The first-order valence-electron chi connectivity index (χ1n) is 22.4. The van der Waals surface area contributed by atoms with E-state index in [0.29, 0.717) is 24.8 Å². The predicted octanol–water partition coefficient (Wildman–Crippen LogP) is 11.6. The lowest BCUT2D eigenvalue weighted by molar-refractivity contribution is -0.923. The van der Waals surface area contributed by atoms with Crippen molar-refractivity contribution in [3.8, 4) is 0 Å². The molecule has 6 nitrogen and oxygen atoms in total. The molecule has 6 heteroatoms. The maximum Gasteiger partial charge on any atom is 0.219 e. The van der Waals surface area contributed by atoms with Gasteiger partial charge < -0.3 is 20.9 Å². The van der Waals surface area contributed by atoms with Crippen LogP contribution in [0.5, 0.6) is 0 Å². The van der Waals surface area contributed by atoms with E-state index in [-0.39, 0.29) is 11.8 Å². The van der Waals surface area contributed by atoms with E-state index < -0.39 is 0 Å². The quantitative estimate of drug-likeness (QED) is 0.0447. The van der Waals surface area contributed by atoms with Crippen LogP contribution < -0.4 is 16.4 Å². The number of unbranched alkanes of at least 4 members (excludes halogenated alkanes) is 17. The van der Waals surface area contributed by atoms with Crippen molar-refractivity contribution in [3.63, 3.8) is 0 Å². The van der Waals surface area contributed by atoms with Gasteiger partial charge in [0.15, 0.2) is 0 Å². The summed E-state index contributed by atoms with van der Waals surface area (Å²) in [5, 5.41) is 6.00. The zero-order valence-corrected chi connectivity index (χ0v) is 35.4. The highest BCUT2D eigenvalue weighted by Gasteiger charge is 2.22. The molecule has 0 spiro atoms. The zero-order valence-electron chi connectivity index (χ0n) is 35.4. The summed E-state index contributed by atoms with van der Waals surface area (Å²) in [6.07, 6.45) is 34.0. The van der Waals surface area contributed by atoms with Gasteiger partial charge in [0.25, 0.3) is 0 Å². The predicted molar refractivity (Wildman–Crippen MR) is 222 cm³/mol. The first-order valence-corrected chi connectivity index (χ1v) is 22.4. The number of nitrogens with one attached hydrogen (secondary N) is 2. The minimum Gasteiger partial charge on any atom is -0.356 e. The van der Waals surface area contributed by atoms with Gasteiger partial charge in [0, 0.05) is 32.4 Å². The lowest BCUT2D eigenvalue weighted by Gasteiger charge is -2.35. The molecule has 0 saturated carbocycles. The van der Waals surface area contributed by atoms with Gasteiger partial charge in [-0.2, -0.15) is 0 Å². The highest BCUT2D eigenvalue weighted by atomic mass is 16.2. The fraction of sp³-hybridized carbons (Fsp3) is 0.955. The summed E-state index contributed by atoms with van der Waals surface area (Å²) in [6, 6.07) is 0. The second-order valence-electron chi connectivity index (χ2n) is 15.4. The molecule has 0 fully saturated rings. The normalized spacial score (nSPS) is 11.7. The van der Waals surface area contributed by atoms with Crippen LogP contribution in [0, 0.1) is 5.41 Å². The lowest BCUT2D eigenvalue weighted by atomic mass is 9.75. The van der Waals surface area contributed by atoms with Crippen molar-refractivity contribution in [3.05, 3.63) is 0 Å². The van der Waals surface area contributed by atoms with Crippen LogP contribution in [0.2, 0.25) is 0 Å². The number of carbonyl (C=O) groups excluding carboxylic acids is 2. The Labute approximate surface area is 314 Å². The molecule has 4 N–H and O–H groups in total. The SMILES string of the molecule is CCC(CC)(CC)CCCCCCCCCCCCCCCCC(=O)NCCCN.CCCCCCCC(=O)NCCC[N+](CC)(CC)CC. The van der Waals surface area contributed by atoms with Gasteiger partial charge in [-0.3, -0.25) is 9.59 Å². The molecule has 0 radical (unpaired) electrons. The molecular formula is C44H93N4O2+. The van der Waals surface area contributed by atoms with Crippen LogP contribution in [0.3, 0.4) is 0 Å². The fourth-order valence-electron chi connectivity index (χ4n) is 7.37. The Kier molecular flexibility index (Phi) is 38.3. The van der Waals surface area contributed by atoms with Crippen LogP contribution in [0.4, 0.5) is 0 Å². The van der Waals surface area contributed by atoms with E-state index in [2.05, 4.69) is 59.1 Å². The average molecular weight is 710 g/mol. The van der Waals surface area contributed by atoms with E-state index in [1.165, 1.54) is 165 Å². The van der Waals surface area contributed by atoms with Crippen LogP contribution in [0.25, 0.3) is 0 Å². The number of hydrogen-bond acceptors (Lipinski definition) is 3. The third-order valence-corrected chi connectivity index (χ3v) is 12.0. The molecular weight excluding hydrogens is 617 g/mol. The number of hydrogen-bond donors (Lipinski definition) is 3. The molecule has 0 aromatic heterocycles. The van der Waals surface area contributed by atoms with Crippen LogP contribution in [0.15, 0.2) is 0 Å². The number of nitrogens with two attached hydrogens (primary N) is 1. The highest BCUT2D eigenvalue weighted by molar-refractivity contribution is 5.76. The van der Waals surface area contributed by atoms with E-state index in [1.807, 2.05) is 0 Å². The molecule has 0 aliphatic heterocycles. The first-order chi connectivity index (χ1) is 24.3. The van der Waals surface area contributed by atoms with Crippen LogP contribution in [0.1, 0.15) is 222 Å². The Balaban J connectivity index is 0. The van der Waals surface area contributed by atoms with Crippen LogP contribution >= 0.6 is 0 Å². The number of quaternary nitrogens is 1. The molecule has 0 aromatic carbocycles. The third kappa shape index (κ3) is 30.5. The minimum atomic E-state index is 0.194. The monoisotopic (exact) mass is 710 g/mol. The molecule has 0 unspecified atom stereocenters. The van der Waals surface area contributed by atoms with E-state index in [9.17, 15) is 9.59 Å². The van der Waals surface area contributed by atoms with Gasteiger partial charge in [0.2, 0.25) is 11.8 Å². The van der Waals surface area contributed by atoms with Crippen molar-refractivity contribution >= 4 is 11.8 Å². The van der Waals surface area contributed by atoms with E-state index in [0.717, 1.165) is 38.8 Å². The van der Waals surface area contributed by atoms with Gasteiger partial charge in [0.05, 0.1) is 26.2 Å². The molecule has 50 heavy (non-hydrogen) atoms. The van der Waals surface area contributed by atoms with Crippen molar-refractivity contribution in [1.29, 1.82) is 0 Å². The van der Waals surface area contributed by atoms with Gasteiger partial charge in [0.1, 0.15) is 0 Å². The second kappa shape index (κ2) is 37.6. The molecule has 0 aliphatic rings. The smallest absolute Gasteiger partial charge is 0.219 e. The minimum absolute atomic E-state index is 0.194. The molecule has 0 atom stereocenters. The van der Waals surface area contributed by atoms with Crippen molar-refractivity contribution in [2.24, 2.45) is 11.1 Å². The molecule has 0 aromatic rings. The Morgan fingerprint density at radius 1 is 0.480 bits per heavy atom. The topological polar surface area (TPSA) is 84.2 Å². The molecule has 0 aliphatic carbocycles. The molecule has 0 bridgehead atoms. The van der Waals surface area contributed by atoms with Gasteiger partial charge in [-0.1, -0.05) is 156 Å². The molecule has 0 heterocycles. The largest absolute Gasteiger partial charge is 0.356 e. The number of nitrogens with zero attached hydrogens (tertiary/aromatic N) is 1. The van der Waals surface area contributed by atoms with Crippen molar-refractivity contribution in [2.45, 2.75) is 222 Å². The Morgan fingerprint density at radius 3 is 1.20 bits per heavy atom. The standard InChI is InChI=1S/C27H56N2O.C17H36N2O/c1-4-27(5-2,6-3)23-20-18-16-14-12-10-8-7-9-11-13-15-17-19-22-26(30)29-25-21-24-28;1-5-9-10-11-12-14-17(20)18-15-13-16-19(6-2,7-3)8-4/h4-25,28H2,1-3H3,(H,29,30);5-16H2,1-4H3/p+1. The lowest BCUT2D eigenvalue weighted by Crippen LogP contribution is -2.48. The molecule has 2 amide bonds. The Bertz CT molecular complexity index is 704. The van der Waals surface area contributed by atoms with E-state index in [1.54, 1.807) is 0 Å². The van der Waals surface area contributed by atoms with E-state index >= 15 is 0 Å². The Hall–Kier alpha value is -1.14. The summed E-state index contributed by atoms with van der Waals surface area (Å²) in [5.74, 6) is 0.434. The fourth-order valence-corrected chi connectivity index (χ4v) is 7.37. The van der Waals surface area contributed by atoms with Gasteiger partial charge in [-0.25, -0.2) is 0 Å². The van der Waals surface area contributed by atoms with Crippen LogP contribution in [-0.2, 0) is 9.59 Å². The van der Waals surface area contributed by atoms with Crippen molar-refractivity contribution < 1.29 is 14.1 Å². The summed E-state index contributed by atoms with van der Waals surface area (Å²) in [4.78, 5) is 23.3. The zero-order chi connectivity index (χ0) is 37.6. The van der Waals surface area contributed by atoms with E-state index in [4.69, 9.17) is 5.73 Å². The van der Waals surface area contributed by atoms with Crippen molar-refractivity contribution in [1.82, 2.24) is 10.6 Å². The summed E-state index contributed by atoms with van der Waals surface area (Å²) < 4.78 is 1.17. The number of rotatable bonds is 36. The summed E-state index contributed by atoms with van der Waals surface area (Å²) in [6.45, 7) is 23.1. The third-order valence-electron chi connectivity index (χ3n) is 12.0. The van der Waals surface area contributed by atoms with Crippen LogP contribution in [-0.4, -0.2) is 62.1 Å². The summed E-state index contributed by atoms with van der Waals surface area (Å²) in [5.41, 5.74) is 6.06. The van der Waals surface area contributed by atoms with Crippen molar-refractivity contribution in [2.75, 3.05) is 45.8 Å². The van der Waals surface area contributed by atoms with Gasteiger partial charge in [-0.05, 0) is 58.4 Å². The number of carbonyl (C=O) groups is 2. The molecule has 300 valence electrons. The van der Waals surface area contributed by atoms with Gasteiger partial charge in [-0.15, -0.1) is 0 Å². The highest BCUT2D eigenvalue weighted by Crippen LogP contribution is 2.36. The second-order valence-corrected chi connectivity index (χ2v) is 15.4. The summed E-state index contributed by atoms with van der Waals surface area (Å²) in [7, 11) is 0. The Morgan fingerprint density at radius 2 is 0.840 bits per heavy atom.